The Morgan fingerprint density at radius 2 is 2.05 bits per heavy atom. The molecule has 2 heterocycles. The third-order valence-electron chi connectivity index (χ3n) is 3.06. The van der Waals surface area contributed by atoms with Gasteiger partial charge in [-0.3, -0.25) is 4.79 Å². The van der Waals surface area contributed by atoms with Crippen LogP contribution in [0.4, 0.5) is 5.69 Å². The maximum Gasteiger partial charge on any atom is 1.00 e. The van der Waals surface area contributed by atoms with E-state index < -0.39 is 0 Å². The van der Waals surface area contributed by atoms with E-state index in [4.69, 9.17) is 4.74 Å². The number of rotatable bonds is 2. The fourth-order valence-corrected chi connectivity index (χ4v) is 2.21. The Kier molecular flexibility index (Phi) is 4.81. The van der Waals surface area contributed by atoms with Gasteiger partial charge in [0.15, 0.2) is 5.75 Å². The van der Waals surface area contributed by atoms with Crippen molar-refractivity contribution in [1.82, 2.24) is 4.98 Å². The number of fused-ring (bicyclic) bond motifs is 2. The van der Waals surface area contributed by atoms with Crippen molar-refractivity contribution in [3.63, 3.8) is 0 Å². The average molecular weight is 278 g/mol. The van der Waals surface area contributed by atoms with E-state index in [0.717, 1.165) is 12.1 Å². The van der Waals surface area contributed by atoms with Gasteiger partial charge < -0.3 is 11.1 Å². The Labute approximate surface area is 141 Å². The first-order chi connectivity index (χ1) is 9.31. The fourth-order valence-electron chi connectivity index (χ4n) is 2.21. The second-order valence-corrected chi connectivity index (χ2v) is 4.38. The topological polar surface area (TPSA) is 42.4 Å². The Bertz CT molecular complexity index is 637. The van der Waals surface area contributed by atoms with Crippen molar-refractivity contribution in [2.24, 2.45) is 0 Å². The number of para-hydroxylation sites is 2. The first kappa shape index (κ1) is 15.0. The van der Waals surface area contributed by atoms with Gasteiger partial charge in [-0.05, 0) is 30.7 Å². The van der Waals surface area contributed by atoms with E-state index in [1.54, 1.807) is 23.2 Å². The number of hydrogen-bond acceptors (Lipinski definition) is 3. The number of hydrogen-bond donors (Lipinski definition) is 0. The molecule has 1 aliphatic heterocycles. The summed E-state index contributed by atoms with van der Waals surface area (Å²) in [5.74, 6) is 0.982. The first-order valence-electron chi connectivity index (χ1n) is 6.35. The molecule has 0 N–H and O–H groups in total. The quantitative estimate of drug-likeness (QED) is 0.745. The molecule has 1 aromatic carbocycles. The SMILES string of the molecule is CCCN1C(=O)c2cccnc2Oc2ccccc21.[H-].[Na+]. The third-order valence-corrected chi connectivity index (χ3v) is 3.06. The summed E-state index contributed by atoms with van der Waals surface area (Å²) in [6.07, 6.45) is 2.51. The fraction of sp³-hybridized carbons (Fsp3) is 0.200. The van der Waals surface area contributed by atoms with Crippen molar-refractivity contribution in [2.75, 3.05) is 11.4 Å². The minimum absolute atomic E-state index is 0. The van der Waals surface area contributed by atoms with Gasteiger partial charge in [0.1, 0.15) is 5.56 Å². The van der Waals surface area contributed by atoms with Gasteiger partial charge in [0.25, 0.3) is 5.91 Å². The van der Waals surface area contributed by atoms with Gasteiger partial charge in [0, 0.05) is 12.7 Å². The van der Waals surface area contributed by atoms with Crippen LogP contribution in [0.2, 0.25) is 0 Å². The molecule has 0 spiro atoms. The van der Waals surface area contributed by atoms with Gasteiger partial charge in [-0.15, -0.1) is 0 Å². The summed E-state index contributed by atoms with van der Waals surface area (Å²) in [7, 11) is 0. The van der Waals surface area contributed by atoms with Gasteiger partial charge in [-0.25, -0.2) is 4.98 Å². The summed E-state index contributed by atoms with van der Waals surface area (Å²) in [6.45, 7) is 2.71. The number of amides is 1. The van der Waals surface area contributed by atoms with Crippen molar-refractivity contribution in [2.45, 2.75) is 13.3 Å². The van der Waals surface area contributed by atoms with Crippen molar-refractivity contribution >= 4 is 11.6 Å². The van der Waals surface area contributed by atoms with Crippen LogP contribution in [0.3, 0.4) is 0 Å². The van der Waals surface area contributed by atoms with Crippen molar-refractivity contribution < 1.29 is 40.5 Å². The molecule has 3 rings (SSSR count). The van der Waals surface area contributed by atoms with Crippen LogP contribution in [0.5, 0.6) is 11.6 Å². The monoisotopic (exact) mass is 278 g/mol. The van der Waals surface area contributed by atoms with Crippen LogP contribution < -0.4 is 39.2 Å². The standard InChI is InChI=1S/C15H14N2O2.Na.H/c1-2-10-17-12-7-3-4-8-13(12)19-14-11(15(17)18)6-5-9-16-14;;/h3-9H,2,10H2,1H3;;/q;+1;-1. The van der Waals surface area contributed by atoms with Gasteiger partial charge in [0.2, 0.25) is 5.88 Å². The van der Waals surface area contributed by atoms with E-state index >= 15 is 0 Å². The maximum atomic E-state index is 12.6. The van der Waals surface area contributed by atoms with Crippen LogP contribution in [0.1, 0.15) is 25.1 Å². The Morgan fingerprint density at radius 3 is 2.85 bits per heavy atom. The molecule has 0 saturated carbocycles. The van der Waals surface area contributed by atoms with Crippen LogP contribution in [0.25, 0.3) is 0 Å². The smallest absolute Gasteiger partial charge is 1.00 e. The summed E-state index contributed by atoms with van der Waals surface area (Å²) in [6, 6.07) is 11.0. The van der Waals surface area contributed by atoms with Gasteiger partial charge in [0.05, 0.1) is 5.69 Å². The summed E-state index contributed by atoms with van der Waals surface area (Å²) in [5, 5.41) is 0. The maximum absolute atomic E-state index is 12.6. The molecule has 0 radical (unpaired) electrons. The molecule has 98 valence electrons. The van der Waals surface area contributed by atoms with E-state index in [9.17, 15) is 4.79 Å². The average Bonchev–Trinajstić information content (AvgIpc) is 2.56. The molecule has 0 saturated heterocycles. The van der Waals surface area contributed by atoms with Crippen LogP contribution in [-0.4, -0.2) is 17.4 Å². The molecule has 1 aromatic heterocycles. The number of ether oxygens (including phenoxy) is 1. The molecule has 5 heteroatoms. The van der Waals surface area contributed by atoms with E-state index in [0.29, 0.717) is 23.7 Å². The van der Waals surface area contributed by atoms with Crippen molar-refractivity contribution in [1.29, 1.82) is 0 Å². The molecule has 0 unspecified atom stereocenters. The predicted molar refractivity (Wildman–Crippen MR) is 73.8 cm³/mol. The second kappa shape index (κ2) is 6.39. The molecule has 0 atom stereocenters. The number of carbonyl (C=O) groups excluding carboxylic acids is 1. The largest absolute Gasteiger partial charge is 1.00 e. The predicted octanol–water partition coefficient (Wildman–Crippen LogP) is 0.361. The number of nitrogens with zero attached hydrogens (tertiary/aromatic N) is 2. The number of carbonyl (C=O) groups is 1. The summed E-state index contributed by atoms with van der Waals surface area (Å²) >= 11 is 0. The molecule has 4 nitrogen and oxygen atoms in total. The summed E-state index contributed by atoms with van der Waals surface area (Å²) < 4.78 is 5.78. The first-order valence-corrected chi connectivity index (χ1v) is 6.35. The van der Waals surface area contributed by atoms with Gasteiger partial charge in [-0.1, -0.05) is 19.1 Å². The number of pyridine rings is 1. The second-order valence-electron chi connectivity index (χ2n) is 4.38. The van der Waals surface area contributed by atoms with Crippen LogP contribution in [0.15, 0.2) is 42.6 Å². The van der Waals surface area contributed by atoms with E-state index in [1.165, 1.54) is 0 Å². The van der Waals surface area contributed by atoms with Crippen LogP contribution in [0, 0.1) is 0 Å². The molecular formula is C15H15N2NaO2. The molecule has 1 amide bonds. The summed E-state index contributed by atoms with van der Waals surface area (Å²) in [5.41, 5.74) is 1.31. The molecule has 20 heavy (non-hydrogen) atoms. The molecule has 2 aromatic rings. The zero-order chi connectivity index (χ0) is 13.2. The molecule has 0 fully saturated rings. The van der Waals surface area contributed by atoms with E-state index in [2.05, 4.69) is 4.98 Å². The number of aromatic nitrogens is 1. The molecule has 0 bridgehead atoms. The summed E-state index contributed by atoms with van der Waals surface area (Å²) in [4.78, 5) is 18.5. The minimum atomic E-state index is -0.0603. The normalized spacial score (nSPS) is 12.7. The number of benzene rings is 1. The van der Waals surface area contributed by atoms with Gasteiger partial charge >= 0.3 is 29.6 Å². The third kappa shape index (κ3) is 2.59. The van der Waals surface area contributed by atoms with E-state index in [1.807, 2.05) is 31.2 Å². The molecular weight excluding hydrogens is 263 g/mol. The van der Waals surface area contributed by atoms with E-state index in [-0.39, 0.29) is 36.9 Å². The van der Waals surface area contributed by atoms with Crippen LogP contribution in [-0.2, 0) is 0 Å². The zero-order valence-corrected chi connectivity index (χ0v) is 13.7. The molecule has 1 aliphatic rings. The van der Waals surface area contributed by atoms with Crippen molar-refractivity contribution in [3.05, 3.63) is 48.2 Å². The van der Waals surface area contributed by atoms with Gasteiger partial charge in [-0.2, -0.15) is 0 Å². The molecule has 0 aliphatic carbocycles. The van der Waals surface area contributed by atoms with Crippen LogP contribution >= 0.6 is 0 Å². The Balaban J connectivity index is 0.00000110. The zero-order valence-electron chi connectivity index (χ0n) is 12.7. The Morgan fingerprint density at radius 1 is 1.25 bits per heavy atom. The minimum Gasteiger partial charge on any atom is -1.00 e. The Hall–Kier alpha value is -1.36. The number of anilines is 1. The van der Waals surface area contributed by atoms with Crippen molar-refractivity contribution in [3.8, 4) is 11.6 Å².